The number of alkyl halides is 1. The quantitative estimate of drug-likeness (QED) is 0.667. The van der Waals surface area contributed by atoms with E-state index in [1.807, 2.05) is 24.3 Å². The lowest BCUT2D eigenvalue weighted by atomic mass is 9.91. The average molecular weight is 358 g/mol. The summed E-state index contributed by atoms with van der Waals surface area (Å²) >= 11 is 0. The molecule has 1 aliphatic heterocycles. The molecular formula is C19H20F2N4O. The van der Waals surface area contributed by atoms with Gasteiger partial charge in [-0.05, 0) is 42.2 Å². The first-order valence-electron chi connectivity index (χ1n) is 8.34. The highest BCUT2D eigenvalue weighted by atomic mass is 19.1. The lowest BCUT2D eigenvalue weighted by Gasteiger charge is -2.26. The number of carbonyl (C=O) groups is 1. The molecular weight excluding hydrogens is 338 g/mol. The minimum absolute atomic E-state index is 0.0397. The van der Waals surface area contributed by atoms with Gasteiger partial charge in [-0.2, -0.15) is 0 Å². The Balaban J connectivity index is 1.70. The van der Waals surface area contributed by atoms with E-state index in [1.54, 1.807) is 0 Å². The van der Waals surface area contributed by atoms with E-state index >= 15 is 0 Å². The number of halogens is 2. The molecule has 0 aromatic heterocycles. The fourth-order valence-electron chi connectivity index (χ4n) is 3.09. The standard InChI is InChI=1S/C19H20F2N4O/c20-13-7-12(8-24-9-13)11-1-3-14(4-2-11)25-10-16-17(21)6-5-15(18(16)22)19(23)26/h1-6,10,12-13,22,24-25H,7-9H2,(H2,23,26)/b16-10-,22-18?. The molecule has 0 saturated carbocycles. The first-order chi connectivity index (χ1) is 12.5. The molecule has 3 rings (SSSR count). The Kier molecular flexibility index (Phi) is 5.27. The number of rotatable bonds is 4. The third kappa shape index (κ3) is 3.88. The zero-order chi connectivity index (χ0) is 18.7. The van der Waals surface area contributed by atoms with E-state index in [0.29, 0.717) is 18.7 Å². The van der Waals surface area contributed by atoms with E-state index in [2.05, 4.69) is 10.6 Å². The third-order valence-corrected chi connectivity index (χ3v) is 4.52. The molecule has 1 fully saturated rings. The van der Waals surface area contributed by atoms with Crippen LogP contribution in [0.5, 0.6) is 0 Å². The molecule has 2 unspecified atom stereocenters. The zero-order valence-electron chi connectivity index (χ0n) is 14.1. The molecule has 1 aromatic rings. The van der Waals surface area contributed by atoms with Crippen LogP contribution in [0.1, 0.15) is 17.9 Å². The van der Waals surface area contributed by atoms with Crippen molar-refractivity contribution in [3.63, 3.8) is 0 Å². The fraction of sp³-hybridized carbons (Fsp3) is 0.263. The van der Waals surface area contributed by atoms with E-state index in [1.165, 1.54) is 12.3 Å². The van der Waals surface area contributed by atoms with E-state index in [0.717, 1.165) is 18.2 Å². The first-order valence-corrected chi connectivity index (χ1v) is 8.34. The summed E-state index contributed by atoms with van der Waals surface area (Å²) in [5.41, 5.74) is 6.58. The van der Waals surface area contributed by atoms with Crippen LogP contribution >= 0.6 is 0 Å². The molecule has 5 nitrogen and oxygen atoms in total. The molecule has 1 amide bonds. The Morgan fingerprint density at radius 3 is 2.65 bits per heavy atom. The number of anilines is 1. The van der Waals surface area contributed by atoms with Gasteiger partial charge in [0.05, 0.1) is 16.9 Å². The molecule has 1 aliphatic carbocycles. The number of nitrogens with two attached hydrogens (primary N) is 1. The Morgan fingerprint density at radius 2 is 2.00 bits per heavy atom. The van der Waals surface area contributed by atoms with E-state index in [4.69, 9.17) is 11.1 Å². The highest BCUT2D eigenvalue weighted by Crippen LogP contribution is 2.27. The number of carbonyl (C=O) groups excluding carboxylic acids is 1. The van der Waals surface area contributed by atoms with Crippen LogP contribution < -0.4 is 16.4 Å². The van der Waals surface area contributed by atoms with Crippen LogP contribution in [0.15, 0.2) is 59.6 Å². The maximum atomic E-state index is 14.0. The van der Waals surface area contributed by atoms with Gasteiger partial charge < -0.3 is 16.4 Å². The normalized spacial score (nSPS) is 24.8. The van der Waals surface area contributed by atoms with Crippen molar-refractivity contribution in [2.45, 2.75) is 18.5 Å². The van der Waals surface area contributed by atoms with Crippen molar-refractivity contribution in [1.82, 2.24) is 5.32 Å². The monoisotopic (exact) mass is 358 g/mol. The van der Waals surface area contributed by atoms with Crippen molar-refractivity contribution < 1.29 is 13.6 Å². The largest absolute Gasteiger partial charge is 0.366 e. The minimum atomic E-state index is -0.837. The van der Waals surface area contributed by atoms with Crippen LogP contribution in [0.3, 0.4) is 0 Å². The number of amides is 1. The summed E-state index contributed by atoms with van der Waals surface area (Å²) < 4.78 is 27.5. The van der Waals surface area contributed by atoms with E-state index in [9.17, 15) is 13.6 Å². The highest BCUT2D eigenvalue weighted by Gasteiger charge is 2.23. The smallest absolute Gasteiger partial charge is 0.250 e. The molecule has 1 aromatic carbocycles. The third-order valence-electron chi connectivity index (χ3n) is 4.52. The lowest BCUT2D eigenvalue weighted by Crippen LogP contribution is -2.36. The number of piperidine rings is 1. The van der Waals surface area contributed by atoms with Gasteiger partial charge in [0.2, 0.25) is 0 Å². The molecule has 2 atom stereocenters. The number of benzene rings is 1. The second kappa shape index (κ2) is 7.61. The van der Waals surface area contributed by atoms with Gasteiger partial charge in [-0.25, -0.2) is 8.78 Å². The molecule has 0 radical (unpaired) electrons. The van der Waals surface area contributed by atoms with Crippen molar-refractivity contribution in [2.24, 2.45) is 5.73 Å². The Hall–Kier alpha value is -2.80. The van der Waals surface area contributed by atoms with Gasteiger partial charge in [0.25, 0.3) is 5.91 Å². The topological polar surface area (TPSA) is 91.0 Å². The summed E-state index contributed by atoms with van der Waals surface area (Å²) in [5.74, 6) is -1.27. The van der Waals surface area contributed by atoms with Crippen LogP contribution in [0.25, 0.3) is 0 Å². The number of hydrogen-bond donors (Lipinski definition) is 4. The van der Waals surface area contributed by atoms with Crippen molar-refractivity contribution in [2.75, 3.05) is 18.4 Å². The van der Waals surface area contributed by atoms with Crippen LogP contribution in [0.4, 0.5) is 14.5 Å². The van der Waals surface area contributed by atoms with E-state index in [-0.39, 0.29) is 22.8 Å². The molecule has 2 aliphatic rings. The molecule has 5 N–H and O–H groups in total. The highest BCUT2D eigenvalue weighted by molar-refractivity contribution is 6.28. The zero-order valence-corrected chi connectivity index (χ0v) is 14.1. The van der Waals surface area contributed by atoms with Gasteiger partial charge in [-0.1, -0.05) is 12.1 Å². The molecule has 1 heterocycles. The van der Waals surface area contributed by atoms with Crippen molar-refractivity contribution in [3.8, 4) is 0 Å². The molecule has 1 saturated heterocycles. The summed E-state index contributed by atoms with van der Waals surface area (Å²) in [6.07, 6.45) is 3.30. The van der Waals surface area contributed by atoms with Gasteiger partial charge in [-0.15, -0.1) is 0 Å². The Labute approximate surface area is 150 Å². The second-order valence-corrected chi connectivity index (χ2v) is 6.35. The van der Waals surface area contributed by atoms with Crippen molar-refractivity contribution in [3.05, 3.63) is 65.2 Å². The van der Waals surface area contributed by atoms with Crippen LogP contribution in [0, 0.1) is 5.41 Å². The molecule has 136 valence electrons. The first kappa shape index (κ1) is 18.0. The second-order valence-electron chi connectivity index (χ2n) is 6.35. The van der Waals surface area contributed by atoms with Crippen LogP contribution in [0.2, 0.25) is 0 Å². The number of primary amides is 1. The molecule has 7 heteroatoms. The minimum Gasteiger partial charge on any atom is -0.366 e. The van der Waals surface area contributed by atoms with Crippen molar-refractivity contribution in [1.29, 1.82) is 5.41 Å². The Bertz CT molecular complexity index is 811. The molecule has 0 bridgehead atoms. The predicted molar refractivity (Wildman–Crippen MR) is 97.5 cm³/mol. The van der Waals surface area contributed by atoms with Gasteiger partial charge >= 0.3 is 0 Å². The average Bonchev–Trinajstić information content (AvgIpc) is 2.62. The molecule has 0 spiro atoms. The number of hydrogen-bond acceptors (Lipinski definition) is 4. The van der Waals surface area contributed by atoms with Crippen molar-refractivity contribution >= 4 is 17.3 Å². The van der Waals surface area contributed by atoms with Gasteiger partial charge in [0, 0.05) is 25.0 Å². The summed E-state index contributed by atoms with van der Waals surface area (Å²) in [6, 6.07) is 7.43. The summed E-state index contributed by atoms with van der Waals surface area (Å²) in [5, 5.41) is 13.9. The molecule has 26 heavy (non-hydrogen) atoms. The Morgan fingerprint density at radius 1 is 1.27 bits per heavy atom. The number of nitrogens with one attached hydrogen (secondary N) is 3. The van der Waals surface area contributed by atoms with Gasteiger partial charge in [0.1, 0.15) is 12.0 Å². The van der Waals surface area contributed by atoms with E-state index < -0.39 is 17.9 Å². The fourth-order valence-corrected chi connectivity index (χ4v) is 3.09. The maximum Gasteiger partial charge on any atom is 0.250 e. The number of allylic oxidation sites excluding steroid dienone is 4. The SMILES string of the molecule is N=C1C(C(N)=O)=CC=C(F)/C1=C/Nc1ccc(C2CNCC(F)C2)cc1. The van der Waals surface area contributed by atoms with Gasteiger partial charge in [0.15, 0.2) is 0 Å². The maximum absolute atomic E-state index is 14.0. The summed E-state index contributed by atoms with van der Waals surface area (Å²) in [7, 11) is 0. The van der Waals surface area contributed by atoms with Crippen LogP contribution in [-0.4, -0.2) is 30.9 Å². The lowest BCUT2D eigenvalue weighted by molar-refractivity contribution is -0.114. The van der Waals surface area contributed by atoms with Crippen LogP contribution in [-0.2, 0) is 4.79 Å². The van der Waals surface area contributed by atoms with Gasteiger partial charge in [-0.3, -0.25) is 10.2 Å². The summed E-state index contributed by atoms with van der Waals surface area (Å²) in [4.78, 5) is 11.3. The predicted octanol–water partition coefficient (Wildman–Crippen LogP) is 2.70. The summed E-state index contributed by atoms with van der Waals surface area (Å²) in [6.45, 7) is 1.14.